The van der Waals surface area contributed by atoms with Crippen LogP contribution in [0.5, 0.6) is 0 Å². The van der Waals surface area contributed by atoms with E-state index in [0.29, 0.717) is 6.42 Å². The summed E-state index contributed by atoms with van der Waals surface area (Å²) < 4.78 is 0. The van der Waals surface area contributed by atoms with E-state index in [-0.39, 0.29) is 11.3 Å². The van der Waals surface area contributed by atoms with Crippen LogP contribution in [0.3, 0.4) is 0 Å². The van der Waals surface area contributed by atoms with Crippen LogP contribution < -0.4 is 11.1 Å². The maximum absolute atomic E-state index is 11.5. The fourth-order valence-electron chi connectivity index (χ4n) is 3.56. The van der Waals surface area contributed by atoms with Crippen molar-refractivity contribution in [3.8, 4) is 0 Å². The second-order valence-electron chi connectivity index (χ2n) is 5.57. The lowest BCUT2D eigenvalue weighted by atomic mass is 9.75. The van der Waals surface area contributed by atoms with E-state index in [1.54, 1.807) is 0 Å². The van der Waals surface area contributed by atoms with Crippen LogP contribution >= 0.6 is 0 Å². The smallest absolute Gasteiger partial charge is 0.224 e. The Morgan fingerprint density at radius 2 is 2.00 bits per heavy atom. The standard InChI is InChI=1S/C15H20N2O/c16-10-15(8-1-2-9-15)12-4-3-5-13-11(12)6-7-14(18)17-13/h3-5H,1-2,6-10,16H2,(H,17,18). The van der Waals surface area contributed by atoms with E-state index in [9.17, 15) is 4.79 Å². The number of carbonyl (C=O) groups is 1. The number of nitrogens with two attached hydrogens (primary N) is 1. The third-order valence-electron chi connectivity index (χ3n) is 4.57. The highest BCUT2D eigenvalue weighted by atomic mass is 16.1. The third kappa shape index (κ3) is 1.74. The molecule has 0 radical (unpaired) electrons. The summed E-state index contributed by atoms with van der Waals surface area (Å²) in [5, 5.41) is 2.99. The van der Waals surface area contributed by atoms with E-state index >= 15 is 0 Å². The molecule has 0 saturated heterocycles. The van der Waals surface area contributed by atoms with Crippen LogP contribution in [0.1, 0.15) is 43.2 Å². The third-order valence-corrected chi connectivity index (χ3v) is 4.57. The summed E-state index contributed by atoms with van der Waals surface area (Å²) in [5.74, 6) is 0.132. The van der Waals surface area contributed by atoms with Crippen LogP contribution in [-0.4, -0.2) is 12.5 Å². The van der Waals surface area contributed by atoms with Crippen LogP contribution in [-0.2, 0) is 16.6 Å². The first-order valence-electron chi connectivity index (χ1n) is 6.87. The Labute approximate surface area is 108 Å². The molecule has 18 heavy (non-hydrogen) atoms. The molecule has 96 valence electrons. The molecule has 1 aromatic carbocycles. The molecule has 1 aliphatic carbocycles. The fourth-order valence-corrected chi connectivity index (χ4v) is 3.56. The van der Waals surface area contributed by atoms with Gasteiger partial charge in [-0.3, -0.25) is 4.79 Å². The summed E-state index contributed by atoms with van der Waals surface area (Å²) in [6.45, 7) is 0.720. The molecule has 3 nitrogen and oxygen atoms in total. The van der Waals surface area contributed by atoms with Crippen LogP contribution in [0, 0.1) is 0 Å². The molecule has 1 fully saturated rings. The van der Waals surface area contributed by atoms with Crippen LogP contribution in [0.15, 0.2) is 18.2 Å². The SMILES string of the molecule is NCC1(c2cccc3c2CCC(=O)N3)CCCC1. The highest BCUT2D eigenvalue weighted by Crippen LogP contribution is 2.44. The van der Waals surface area contributed by atoms with Crippen molar-refractivity contribution in [1.82, 2.24) is 0 Å². The van der Waals surface area contributed by atoms with Gasteiger partial charge in [0.15, 0.2) is 0 Å². The lowest BCUT2D eigenvalue weighted by Gasteiger charge is -2.32. The number of anilines is 1. The number of rotatable bonds is 2. The molecule has 1 aliphatic heterocycles. The van der Waals surface area contributed by atoms with Gasteiger partial charge >= 0.3 is 0 Å². The predicted octanol–water partition coefficient (Wildman–Crippen LogP) is 2.34. The molecule has 3 heteroatoms. The van der Waals surface area contributed by atoms with Crippen LogP contribution in [0.25, 0.3) is 0 Å². The largest absolute Gasteiger partial charge is 0.330 e. The number of hydrogen-bond acceptors (Lipinski definition) is 2. The maximum atomic E-state index is 11.5. The highest BCUT2D eigenvalue weighted by molar-refractivity contribution is 5.94. The van der Waals surface area contributed by atoms with Crippen molar-refractivity contribution < 1.29 is 4.79 Å². The number of hydrogen-bond donors (Lipinski definition) is 2. The molecule has 1 aromatic rings. The fraction of sp³-hybridized carbons (Fsp3) is 0.533. The molecule has 1 heterocycles. The van der Waals surface area contributed by atoms with Gasteiger partial charge in [0, 0.05) is 24.1 Å². The topological polar surface area (TPSA) is 55.1 Å². The van der Waals surface area contributed by atoms with E-state index < -0.39 is 0 Å². The molecule has 1 saturated carbocycles. The normalized spacial score (nSPS) is 21.5. The molecule has 3 N–H and O–H groups in total. The van der Waals surface area contributed by atoms with Gasteiger partial charge in [0.2, 0.25) is 5.91 Å². The lowest BCUT2D eigenvalue weighted by molar-refractivity contribution is -0.116. The van der Waals surface area contributed by atoms with Gasteiger partial charge in [0.25, 0.3) is 0 Å². The van der Waals surface area contributed by atoms with Crippen LogP contribution in [0.4, 0.5) is 5.69 Å². The number of nitrogens with one attached hydrogen (secondary N) is 1. The minimum atomic E-state index is 0.132. The summed E-state index contributed by atoms with van der Waals surface area (Å²) in [6.07, 6.45) is 6.38. The molecule has 0 aromatic heterocycles. The first kappa shape index (κ1) is 11.7. The average molecular weight is 244 g/mol. The Morgan fingerprint density at radius 3 is 2.72 bits per heavy atom. The second-order valence-corrected chi connectivity index (χ2v) is 5.57. The molecule has 0 bridgehead atoms. The Kier molecular flexibility index (Phi) is 2.86. The van der Waals surface area contributed by atoms with Gasteiger partial charge in [-0.1, -0.05) is 25.0 Å². The van der Waals surface area contributed by atoms with Crippen molar-refractivity contribution in [2.24, 2.45) is 5.73 Å². The molecular weight excluding hydrogens is 224 g/mol. The lowest BCUT2D eigenvalue weighted by Crippen LogP contribution is -2.34. The highest BCUT2D eigenvalue weighted by Gasteiger charge is 2.37. The van der Waals surface area contributed by atoms with Crippen molar-refractivity contribution in [1.29, 1.82) is 0 Å². The van der Waals surface area contributed by atoms with Crippen molar-refractivity contribution in [3.63, 3.8) is 0 Å². The van der Waals surface area contributed by atoms with Crippen molar-refractivity contribution in [3.05, 3.63) is 29.3 Å². The second kappa shape index (κ2) is 4.39. The monoisotopic (exact) mass is 244 g/mol. The predicted molar refractivity (Wildman–Crippen MR) is 72.6 cm³/mol. The summed E-state index contributed by atoms with van der Waals surface area (Å²) >= 11 is 0. The Hall–Kier alpha value is -1.35. The average Bonchev–Trinajstić information content (AvgIpc) is 2.87. The van der Waals surface area contributed by atoms with E-state index in [1.165, 1.54) is 36.8 Å². The zero-order valence-electron chi connectivity index (χ0n) is 10.7. The van der Waals surface area contributed by atoms with Gasteiger partial charge in [-0.15, -0.1) is 0 Å². The summed E-state index contributed by atoms with van der Waals surface area (Å²) in [5.41, 5.74) is 9.95. The van der Waals surface area contributed by atoms with Gasteiger partial charge in [-0.25, -0.2) is 0 Å². The van der Waals surface area contributed by atoms with Crippen LogP contribution in [0.2, 0.25) is 0 Å². The Balaban J connectivity index is 2.07. The first-order valence-corrected chi connectivity index (χ1v) is 6.87. The quantitative estimate of drug-likeness (QED) is 0.839. The van der Waals surface area contributed by atoms with Gasteiger partial charge < -0.3 is 11.1 Å². The number of amides is 1. The molecule has 0 unspecified atom stereocenters. The summed E-state index contributed by atoms with van der Waals surface area (Å²) in [7, 11) is 0. The molecule has 0 atom stereocenters. The van der Waals surface area contributed by atoms with Gasteiger partial charge in [-0.05, 0) is 36.5 Å². The minimum absolute atomic E-state index is 0.132. The minimum Gasteiger partial charge on any atom is -0.330 e. The number of fused-ring (bicyclic) bond motifs is 1. The van der Waals surface area contributed by atoms with Gasteiger partial charge in [-0.2, -0.15) is 0 Å². The maximum Gasteiger partial charge on any atom is 0.224 e. The molecule has 3 rings (SSSR count). The summed E-state index contributed by atoms with van der Waals surface area (Å²) in [6, 6.07) is 6.28. The van der Waals surface area contributed by atoms with E-state index in [2.05, 4.69) is 17.4 Å². The molecular formula is C15H20N2O. The molecule has 0 spiro atoms. The Morgan fingerprint density at radius 1 is 1.22 bits per heavy atom. The number of carbonyl (C=O) groups excluding carboxylic acids is 1. The zero-order chi connectivity index (χ0) is 12.6. The van der Waals surface area contributed by atoms with Gasteiger partial charge in [0.05, 0.1) is 0 Å². The van der Waals surface area contributed by atoms with E-state index in [0.717, 1.165) is 18.7 Å². The molecule has 1 amide bonds. The van der Waals surface area contributed by atoms with Crippen molar-refractivity contribution in [2.45, 2.75) is 43.9 Å². The molecule has 2 aliphatic rings. The zero-order valence-corrected chi connectivity index (χ0v) is 10.7. The van der Waals surface area contributed by atoms with Crippen molar-refractivity contribution >= 4 is 11.6 Å². The van der Waals surface area contributed by atoms with Crippen molar-refractivity contribution in [2.75, 3.05) is 11.9 Å². The number of benzene rings is 1. The first-order chi connectivity index (χ1) is 8.75. The summed E-state index contributed by atoms with van der Waals surface area (Å²) in [4.78, 5) is 11.5. The van der Waals surface area contributed by atoms with Gasteiger partial charge in [0.1, 0.15) is 0 Å². The van der Waals surface area contributed by atoms with E-state index in [1.807, 2.05) is 6.07 Å². The van der Waals surface area contributed by atoms with E-state index in [4.69, 9.17) is 5.73 Å². The Bertz CT molecular complexity index is 475.